The first kappa shape index (κ1) is 18.6. The Morgan fingerprint density at radius 3 is 0.818 bits per heavy atom. The molecule has 0 heterocycles. The molecule has 0 aromatic rings. The maximum atomic E-state index is 8.87. The van der Waals surface area contributed by atoms with Gasteiger partial charge in [-0.05, 0) is 0 Å². The van der Waals surface area contributed by atoms with Gasteiger partial charge < -0.3 is 28.7 Å². The molecule has 11 heavy (non-hydrogen) atoms. The summed E-state index contributed by atoms with van der Waals surface area (Å²) in [6, 6.07) is 0. The Hall–Kier alpha value is 1.80. The van der Waals surface area contributed by atoms with Crippen LogP contribution in [0.3, 0.4) is 0 Å². The third kappa shape index (κ3) is 349. The van der Waals surface area contributed by atoms with Crippen LogP contribution in [0.2, 0.25) is 0 Å². The van der Waals surface area contributed by atoms with Crippen LogP contribution >= 0.6 is 36.4 Å². The first-order chi connectivity index (χ1) is 4.00. The van der Waals surface area contributed by atoms with E-state index in [0.29, 0.717) is 0 Å². The van der Waals surface area contributed by atoms with Gasteiger partial charge in [0.2, 0.25) is 0 Å². The van der Waals surface area contributed by atoms with Crippen LogP contribution in [0.25, 0.3) is 0 Å². The average Bonchev–Trinajstić information content (AvgIpc) is 1.12. The summed E-state index contributed by atoms with van der Waals surface area (Å²) in [5.41, 5.74) is 0. The maximum absolute atomic E-state index is 8.87. The van der Waals surface area contributed by atoms with E-state index in [9.17, 15) is 0 Å². The summed E-state index contributed by atoms with van der Waals surface area (Å²) in [6.45, 7) is -9.33. The van der Waals surface area contributed by atoms with Crippen molar-refractivity contribution >= 4 is 63.7 Å². The van der Waals surface area contributed by atoms with Crippen molar-refractivity contribution in [1.29, 1.82) is 0 Å². The van der Waals surface area contributed by atoms with E-state index in [2.05, 4.69) is 22.5 Å². The van der Waals surface area contributed by atoms with Gasteiger partial charge >= 0.3 is 27.3 Å². The third-order valence-electron chi connectivity index (χ3n) is 0. The Balaban J connectivity index is -0.000000107. The second-order valence-electron chi connectivity index (χ2n) is 0.861. The monoisotopic (exact) mass is 436 g/mol. The van der Waals surface area contributed by atoms with E-state index in [1.807, 2.05) is 0 Å². The predicted octanol–water partition coefficient (Wildman–Crippen LogP) is -2.27. The zero-order valence-electron chi connectivity index (χ0n) is 4.60. The van der Waals surface area contributed by atoms with E-state index in [1.54, 1.807) is 0 Å². The first-order valence-electron chi connectivity index (χ1n) is 1.43. The quantitative estimate of drug-likeness (QED) is 0.312. The molecule has 6 nitrogen and oxygen atoms in total. The molecule has 0 saturated carbocycles. The van der Waals surface area contributed by atoms with Crippen molar-refractivity contribution in [1.82, 2.24) is 0 Å². The van der Waals surface area contributed by atoms with Gasteiger partial charge in [0.1, 0.15) is 0 Å². The summed E-state index contributed by atoms with van der Waals surface area (Å²) in [4.78, 5) is 35.5. The van der Waals surface area contributed by atoms with Gasteiger partial charge in [0.25, 0.3) is 0 Å². The molecule has 0 aliphatic heterocycles. The van der Waals surface area contributed by atoms with E-state index < -0.39 is 13.9 Å². The molecule has 0 aliphatic rings. The van der Waals surface area contributed by atoms with Crippen molar-refractivity contribution in [2.24, 2.45) is 0 Å². The first-order valence-corrected chi connectivity index (χ1v) is 6.33. The van der Waals surface area contributed by atoms with Gasteiger partial charge in [0.05, 0.1) is 0 Å². The molecule has 0 aromatic heterocycles. The minimum atomic E-state index is -4.67. The molecule has 11 heteroatoms. The SMILES string of the molecule is O=P([O-])([O-])Cl.O=P([O-])([O-])Cl.[Pb+4]. The minimum absolute atomic E-state index is 0. The molecule has 0 bridgehead atoms. The van der Waals surface area contributed by atoms with Gasteiger partial charge in [-0.1, -0.05) is 22.5 Å². The third-order valence-corrected chi connectivity index (χ3v) is 0. The topological polar surface area (TPSA) is 126 Å². The summed E-state index contributed by atoms with van der Waals surface area (Å²) in [6.07, 6.45) is 0. The fourth-order valence-corrected chi connectivity index (χ4v) is 0. The molecule has 0 fully saturated rings. The van der Waals surface area contributed by atoms with Crippen LogP contribution in [-0.4, -0.2) is 27.3 Å². The van der Waals surface area contributed by atoms with Gasteiger partial charge in [-0.3, -0.25) is 0 Å². The zero-order valence-corrected chi connectivity index (χ0v) is 11.8. The van der Waals surface area contributed by atoms with Crippen molar-refractivity contribution < 1.29 is 28.7 Å². The molecule has 64 valence electrons. The van der Waals surface area contributed by atoms with Crippen LogP contribution in [-0.2, 0) is 9.13 Å². The number of halogens is 2. The second kappa shape index (κ2) is 7.23. The molecular weight excluding hydrogens is 436 g/mol. The molecule has 0 aromatic carbocycles. The average molecular weight is 436 g/mol. The van der Waals surface area contributed by atoms with Crippen LogP contribution in [0.5, 0.6) is 0 Å². The van der Waals surface area contributed by atoms with Gasteiger partial charge in [0, 0.05) is 13.9 Å². The molecule has 0 rings (SSSR count). The van der Waals surface area contributed by atoms with Gasteiger partial charge in [-0.15, -0.1) is 0 Å². The van der Waals surface area contributed by atoms with E-state index in [4.69, 9.17) is 28.7 Å². The van der Waals surface area contributed by atoms with Crippen molar-refractivity contribution in [3.63, 3.8) is 0 Å². The van der Waals surface area contributed by atoms with Gasteiger partial charge in [0.15, 0.2) is 0 Å². The summed E-state index contributed by atoms with van der Waals surface area (Å²) in [7, 11) is 0. The van der Waals surface area contributed by atoms with Crippen LogP contribution in [0, 0.1) is 0 Å². The molecule has 0 saturated heterocycles. The van der Waals surface area contributed by atoms with Crippen LogP contribution in [0.1, 0.15) is 0 Å². The Kier molecular flexibility index (Phi) is 12.2. The Morgan fingerprint density at radius 2 is 0.818 bits per heavy atom. The predicted molar refractivity (Wildman–Crippen MR) is 32.7 cm³/mol. The molecule has 0 aliphatic carbocycles. The summed E-state index contributed by atoms with van der Waals surface area (Å²) in [5, 5.41) is 0. The number of hydrogen-bond acceptors (Lipinski definition) is 6. The van der Waals surface area contributed by atoms with E-state index in [0.717, 1.165) is 0 Å². The molecule has 0 radical (unpaired) electrons. The van der Waals surface area contributed by atoms with Crippen molar-refractivity contribution in [3.8, 4) is 0 Å². The largest absolute Gasteiger partial charge is 4.00 e. The minimum Gasteiger partial charge on any atom is -0.799 e. The summed E-state index contributed by atoms with van der Waals surface area (Å²) >= 11 is 7.95. The number of rotatable bonds is 0. The summed E-state index contributed by atoms with van der Waals surface area (Å²) < 4.78 is 17.7. The van der Waals surface area contributed by atoms with E-state index in [1.165, 1.54) is 0 Å². The van der Waals surface area contributed by atoms with E-state index in [-0.39, 0.29) is 27.3 Å². The normalized spacial score (nSPS) is 10.7. The molecule has 0 atom stereocenters. The molecule has 0 unspecified atom stereocenters. The van der Waals surface area contributed by atoms with Crippen LogP contribution < -0.4 is 19.6 Å². The maximum Gasteiger partial charge on any atom is 4.00 e. The molecule has 0 N–H and O–H groups in total. The van der Waals surface area contributed by atoms with Crippen molar-refractivity contribution in [2.45, 2.75) is 0 Å². The second-order valence-corrected chi connectivity index (χ2v) is 5.07. The van der Waals surface area contributed by atoms with Crippen LogP contribution in [0.15, 0.2) is 0 Å². The van der Waals surface area contributed by atoms with Gasteiger partial charge in [-0.2, -0.15) is 0 Å². The molecular formula is Cl2O6P2Pb. The summed E-state index contributed by atoms with van der Waals surface area (Å²) in [5.74, 6) is 0. The standard InChI is InChI=1S/2ClH2O3P.Pb/c2*1-5(2,3)4;/h2*(H2,2,3,4);/q;;+4/p-4. The fraction of sp³-hybridized carbons (Fsp3) is 0. The van der Waals surface area contributed by atoms with E-state index >= 15 is 0 Å². The molecule has 0 spiro atoms. The Bertz CT molecular complexity index is 131. The van der Waals surface area contributed by atoms with Crippen molar-refractivity contribution in [2.75, 3.05) is 0 Å². The smallest absolute Gasteiger partial charge is 0.799 e. The van der Waals surface area contributed by atoms with Crippen LogP contribution in [0.4, 0.5) is 0 Å². The Labute approximate surface area is 92.0 Å². The fourth-order valence-electron chi connectivity index (χ4n) is 0. The molecule has 0 amide bonds. The zero-order chi connectivity index (χ0) is 9.00. The van der Waals surface area contributed by atoms with Crippen molar-refractivity contribution in [3.05, 3.63) is 0 Å². The van der Waals surface area contributed by atoms with Gasteiger partial charge in [-0.25, -0.2) is 0 Å². The Morgan fingerprint density at radius 1 is 0.818 bits per heavy atom. The number of hydrogen-bond donors (Lipinski definition) is 0.